The Balaban J connectivity index is 1.51. The summed E-state index contributed by atoms with van der Waals surface area (Å²) in [6, 6.07) is 13.6. The molecule has 6 heteroatoms. The minimum absolute atomic E-state index is 0.00111. The van der Waals surface area contributed by atoms with Gasteiger partial charge in [-0.2, -0.15) is 0 Å². The van der Waals surface area contributed by atoms with Gasteiger partial charge in [0.1, 0.15) is 5.75 Å². The van der Waals surface area contributed by atoms with E-state index in [2.05, 4.69) is 17.4 Å². The molecule has 1 N–H and O–H groups in total. The zero-order chi connectivity index (χ0) is 19.5. The van der Waals surface area contributed by atoms with E-state index in [1.165, 1.54) is 11.1 Å². The average molecular weight is 380 g/mol. The Morgan fingerprint density at radius 3 is 2.96 bits per heavy atom. The van der Waals surface area contributed by atoms with Gasteiger partial charge in [-0.05, 0) is 42.2 Å². The van der Waals surface area contributed by atoms with Crippen molar-refractivity contribution in [3.63, 3.8) is 0 Å². The number of fused-ring (bicyclic) bond motifs is 2. The first-order valence-corrected chi connectivity index (χ1v) is 9.57. The molecule has 1 atom stereocenters. The lowest BCUT2D eigenvalue weighted by molar-refractivity contribution is -0.133. The van der Waals surface area contributed by atoms with Crippen LogP contribution in [0.15, 0.2) is 42.5 Å². The maximum atomic E-state index is 12.8. The van der Waals surface area contributed by atoms with Gasteiger partial charge in [0, 0.05) is 31.3 Å². The summed E-state index contributed by atoms with van der Waals surface area (Å²) in [5, 5.41) is 3.15. The predicted octanol–water partition coefficient (Wildman–Crippen LogP) is 2.47. The van der Waals surface area contributed by atoms with E-state index in [-0.39, 0.29) is 24.5 Å². The number of carbonyl (C=O) groups is 2. The van der Waals surface area contributed by atoms with E-state index in [0.717, 1.165) is 18.4 Å². The summed E-state index contributed by atoms with van der Waals surface area (Å²) in [5.41, 5.74) is 3.91. The number of hydrogen-bond acceptors (Lipinski definition) is 4. The molecule has 2 aliphatic rings. The number of hydrogen-bond donors (Lipinski definition) is 1. The van der Waals surface area contributed by atoms with Crippen LogP contribution in [0.2, 0.25) is 0 Å². The van der Waals surface area contributed by atoms with Crippen LogP contribution in [0.5, 0.6) is 5.75 Å². The third kappa shape index (κ3) is 3.73. The van der Waals surface area contributed by atoms with E-state index >= 15 is 0 Å². The van der Waals surface area contributed by atoms with Gasteiger partial charge in [0.15, 0.2) is 6.61 Å². The SMILES string of the molecule is COCCN1Cc2cc(C(=O)N[C@H]3CCc4ccccc43)ccc2OCC1=O. The molecule has 2 aromatic carbocycles. The van der Waals surface area contributed by atoms with Crippen LogP contribution in [0.3, 0.4) is 0 Å². The van der Waals surface area contributed by atoms with Crippen LogP contribution in [-0.4, -0.2) is 43.6 Å². The van der Waals surface area contributed by atoms with Crippen LogP contribution in [0.1, 0.15) is 39.5 Å². The number of aryl methyl sites for hydroxylation is 1. The lowest BCUT2D eigenvalue weighted by Gasteiger charge is -2.19. The number of ether oxygens (including phenoxy) is 2. The summed E-state index contributed by atoms with van der Waals surface area (Å²) < 4.78 is 10.7. The Hall–Kier alpha value is -2.86. The third-order valence-corrected chi connectivity index (χ3v) is 5.39. The maximum absolute atomic E-state index is 12.8. The van der Waals surface area contributed by atoms with Gasteiger partial charge in [-0.3, -0.25) is 9.59 Å². The van der Waals surface area contributed by atoms with Gasteiger partial charge in [0.25, 0.3) is 11.8 Å². The van der Waals surface area contributed by atoms with Gasteiger partial charge in [0.05, 0.1) is 12.6 Å². The molecule has 2 aromatic rings. The molecule has 6 nitrogen and oxygen atoms in total. The van der Waals surface area contributed by atoms with Crippen LogP contribution in [0, 0.1) is 0 Å². The summed E-state index contributed by atoms with van der Waals surface area (Å²) in [4.78, 5) is 26.8. The molecule has 1 heterocycles. The summed E-state index contributed by atoms with van der Waals surface area (Å²) in [7, 11) is 1.61. The second-order valence-corrected chi connectivity index (χ2v) is 7.18. The summed E-state index contributed by atoms with van der Waals surface area (Å²) in [6.07, 6.45) is 1.90. The third-order valence-electron chi connectivity index (χ3n) is 5.39. The molecule has 1 aliphatic heterocycles. The second kappa shape index (κ2) is 8.02. The van der Waals surface area contributed by atoms with Crippen molar-refractivity contribution >= 4 is 11.8 Å². The molecule has 1 aliphatic carbocycles. The topological polar surface area (TPSA) is 67.9 Å². The normalized spacial score (nSPS) is 18.1. The van der Waals surface area contributed by atoms with Crippen molar-refractivity contribution in [3.8, 4) is 5.75 Å². The Bertz CT molecular complexity index is 896. The molecule has 146 valence electrons. The summed E-state index contributed by atoms with van der Waals surface area (Å²) >= 11 is 0. The quantitative estimate of drug-likeness (QED) is 0.865. The molecule has 0 radical (unpaired) electrons. The second-order valence-electron chi connectivity index (χ2n) is 7.18. The summed E-state index contributed by atoms with van der Waals surface area (Å²) in [5.74, 6) is 0.460. The zero-order valence-electron chi connectivity index (χ0n) is 15.9. The minimum Gasteiger partial charge on any atom is -0.483 e. The van der Waals surface area contributed by atoms with Gasteiger partial charge < -0.3 is 19.7 Å². The van der Waals surface area contributed by atoms with Crippen molar-refractivity contribution in [3.05, 3.63) is 64.7 Å². The van der Waals surface area contributed by atoms with E-state index in [1.54, 1.807) is 24.1 Å². The largest absolute Gasteiger partial charge is 0.483 e. The first-order chi connectivity index (χ1) is 13.7. The smallest absolute Gasteiger partial charge is 0.260 e. The van der Waals surface area contributed by atoms with Gasteiger partial charge in [0.2, 0.25) is 0 Å². The average Bonchev–Trinajstić information content (AvgIpc) is 3.04. The molecular weight excluding hydrogens is 356 g/mol. The van der Waals surface area contributed by atoms with Gasteiger partial charge >= 0.3 is 0 Å². The Morgan fingerprint density at radius 2 is 2.11 bits per heavy atom. The summed E-state index contributed by atoms with van der Waals surface area (Å²) in [6.45, 7) is 1.36. The zero-order valence-corrected chi connectivity index (χ0v) is 15.9. The van der Waals surface area contributed by atoms with Gasteiger partial charge in [-0.25, -0.2) is 0 Å². The highest BCUT2D eigenvalue weighted by Crippen LogP contribution is 2.31. The van der Waals surface area contributed by atoms with Crippen LogP contribution < -0.4 is 10.1 Å². The maximum Gasteiger partial charge on any atom is 0.260 e. The first-order valence-electron chi connectivity index (χ1n) is 9.57. The van der Waals surface area contributed by atoms with Crippen LogP contribution in [-0.2, 0) is 22.5 Å². The molecule has 2 amide bonds. The lowest BCUT2D eigenvalue weighted by Crippen LogP contribution is -2.35. The van der Waals surface area contributed by atoms with Crippen LogP contribution >= 0.6 is 0 Å². The molecule has 4 rings (SSSR count). The number of amides is 2. The van der Waals surface area contributed by atoms with Crippen molar-refractivity contribution in [1.82, 2.24) is 10.2 Å². The highest BCUT2D eigenvalue weighted by Gasteiger charge is 2.25. The lowest BCUT2D eigenvalue weighted by atomic mass is 10.1. The monoisotopic (exact) mass is 380 g/mol. The molecule has 0 unspecified atom stereocenters. The number of nitrogens with zero attached hydrogens (tertiary/aromatic N) is 1. The number of nitrogens with one attached hydrogen (secondary N) is 1. The van der Waals surface area contributed by atoms with Crippen molar-refractivity contribution in [1.29, 1.82) is 0 Å². The van der Waals surface area contributed by atoms with E-state index in [0.29, 0.717) is 31.0 Å². The number of benzene rings is 2. The highest BCUT2D eigenvalue weighted by molar-refractivity contribution is 5.95. The molecule has 0 saturated heterocycles. The van der Waals surface area contributed by atoms with Crippen LogP contribution in [0.25, 0.3) is 0 Å². The fraction of sp³-hybridized carbons (Fsp3) is 0.364. The molecule has 0 saturated carbocycles. The number of carbonyl (C=O) groups excluding carboxylic acids is 2. The van der Waals surface area contributed by atoms with Crippen molar-refractivity contribution in [2.75, 3.05) is 26.9 Å². The number of methoxy groups -OCH3 is 1. The minimum atomic E-state index is -0.108. The van der Waals surface area contributed by atoms with Crippen molar-refractivity contribution in [2.24, 2.45) is 0 Å². The Kier molecular flexibility index (Phi) is 5.30. The molecular formula is C22H24N2O4. The molecule has 28 heavy (non-hydrogen) atoms. The van der Waals surface area contributed by atoms with E-state index in [9.17, 15) is 9.59 Å². The molecule has 0 spiro atoms. The van der Waals surface area contributed by atoms with Crippen molar-refractivity contribution < 1.29 is 19.1 Å². The molecule has 0 aromatic heterocycles. The fourth-order valence-electron chi connectivity index (χ4n) is 3.86. The first kappa shape index (κ1) is 18.5. The molecule has 0 bridgehead atoms. The predicted molar refractivity (Wildman–Crippen MR) is 104 cm³/mol. The van der Waals surface area contributed by atoms with E-state index in [4.69, 9.17) is 9.47 Å². The van der Waals surface area contributed by atoms with Gasteiger partial charge in [-0.1, -0.05) is 24.3 Å². The standard InChI is InChI=1S/C22H24N2O4/c1-27-11-10-24-13-17-12-16(7-9-20(17)28-14-21(24)25)22(26)23-19-8-6-15-4-2-3-5-18(15)19/h2-5,7,9,12,19H,6,8,10-11,13-14H2,1H3,(H,23,26)/t19-/m0/s1. The Morgan fingerprint density at radius 1 is 1.25 bits per heavy atom. The van der Waals surface area contributed by atoms with Gasteiger partial charge in [-0.15, -0.1) is 0 Å². The van der Waals surface area contributed by atoms with Crippen LogP contribution in [0.4, 0.5) is 0 Å². The Labute approximate surface area is 164 Å². The highest BCUT2D eigenvalue weighted by atomic mass is 16.5. The van der Waals surface area contributed by atoms with Crippen molar-refractivity contribution in [2.45, 2.75) is 25.4 Å². The van der Waals surface area contributed by atoms with E-state index < -0.39 is 0 Å². The van der Waals surface area contributed by atoms with E-state index in [1.807, 2.05) is 18.2 Å². The fourth-order valence-corrected chi connectivity index (χ4v) is 3.86. The number of rotatable bonds is 5. The molecule has 0 fully saturated rings.